The van der Waals surface area contributed by atoms with Crippen LogP contribution in [-0.4, -0.2) is 17.0 Å². The first-order chi connectivity index (χ1) is 10.3. The number of nitrogens with zero attached hydrogens (tertiary/aromatic N) is 1. The predicted molar refractivity (Wildman–Crippen MR) is 84.4 cm³/mol. The van der Waals surface area contributed by atoms with Gasteiger partial charge >= 0.3 is 0 Å². The van der Waals surface area contributed by atoms with E-state index in [0.29, 0.717) is 6.10 Å². The highest BCUT2D eigenvalue weighted by molar-refractivity contribution is 6.02. The van der Waals surface area contributed by atoms with Gasteiger partial charge in [0.25, 0.3) is 0 Å². The minimum absolute atomic E-state index is 0.353. The van der Waals surface area contributed by atoms with E-state index in [4.69, 9.17) is 9.94 Å². The molecule has 1 saturated carbocycles. The van der Waals surface area contributed by atoms with Gasteiger partial charge in [0.2, 0.25) is 0 Å². The van der Waals surface area contributed by atoms with Crippen molar-refractivity contribution in [1.82, 2.24) is 0 Å². The molecule has 3 rings (SSSR count). The van der Waals surface area contributed by atoms with E-state index in [9.17, 15) is 0 Å². The highest BCUT2D eigenvalue weighted by Crippen LogP contribution is 2.34. The van der Waals surface area contributed by atoms with Gasteiger partial charge in [0.05, 0.1) is 11.8 Å². The van der Waals surface area contributed by atoms with Crippen molar-refractivity contribution < 1.29 is 9.94 Å². The Labute approximate surface area is 127 Å². The van der Waals surface area contributed by atoms with Crippen molar-refractivity contribution in [2.75, 3.05) is 0 Å². The summed E-state index contributed by atoms with van der Waals surface area (Å²) in [4.78, 5) is 0. The second-order valence-electron chi connectivity index (χ2n) is 6.36. The molecule has 0 saturated heterocycles. The standard InChI is InChI=1S/C18H25NO2/c1-2-13-6-3-7-14(12-13)21-18-11-5-8-15-16(18)9-4-10-17(15)19-20/h5,8,11,13-14,20H,2-4,6-7,9-10,12H2,1H3. The Kier molecular flexibility index (Phi) is 4.47. The van der Waals surface area contributed by atoms with Crippen molar-refractivity contribution in [3.05, 3.63) is 29.3 Å². The van der Waals surface area contributed by atoms with Gasteiger partial charge in [0.15, 0.2) is 0 Å². The molecule has 1 N–H and O–H groups in total. The van der Waals surface area contributed by atoms with Gasteiger partial charge in [-0.3, -0.25) is 0 Å². The molecule has 3 heteroatoms. The van der Waals surface area contributed by atoms with Gasteiger partial charge < -0.3 is 9.94 Å². The molecule has 0 aliphatic heterocycles. The van der Waals surface area contributed by atoms with Gasteiger partial charge in [0.1, 0.15) is 5.75 Å². The SMILES string of the molecule is CCC1CCCC(Oc2cccc3c2CCCC3=NO)C1. The third-order valence-electron chi connectivity index (χ3n) is 5.01. The average Bonchev–Trinajstić information content (AvgIpc) is 2.55. The van der Waals surface area contributed by atoms with Crippen LogP contribution < -0.4 is 4.74 Å². The lowest BCUT2D eigenvalue weighted by atomic mass is 9.85. The second kappa shape index (κ2) is 6.50. The smallest absolute Gasteiger partial charge is 0.123 e. The van der Waals surface area contributed by atoms with Crippen molar-refractivity contribution in [2.45, 2.75) is 64.4 Å². The van der Waals surface area contributed by atoms with Gasteiger partial charge in [-0.15, -0.1) is 0 Å². The van der Waals surface area contributed by atoms with Crippen LogP contribution in [0, 0.1) is 5.92 Å². The fourth-order valence-electron chi connectivity index (χ4n) is 3.77. The lowest BCUT2D eigenvalue weighted by molar-refractivity contribution is 0.121. The van der Waals surface area contributed by atoms with E-state index < -0.39 is 0 Å². The number of ether oxygens (including phenoxy) is 1. The normalized spacial score (nSPS) is 27.4. The first-order valence-corrected chi connectivity index (χ1v) is 8.31. The summed E-state index contributed by atoms with van der Waals surface area (Å²) in [5, 5.41) is 12.6. The quantitative estimate of drug-likeness (QED) is 0.654. The molecule has 21 heavy (non-hydrogen) atoms. The lowest BCUT2D eigenvalue weighted by Gasteiger charge is -2.30. The summed E-state index contributed by atoms with van der Waals surface area (Å²) in [6, 6.07) is 6.14. The summed E-state index contributed by atoms with van der Waals surface area (Å²) in [6.45, 7) is 2.28. The predicted octanol–water partition coefficient (Wildman–Crippen LogP) is 4.55. The van der Waals surface area contributed by atoms with Crippen LogP contribution >= 0.6 is 0 Å². The summed E-state index contributed by atoms with van der Waals surface area (Å²) < 4.78 is 6.34. The Bertz CT molecular complexity index is 524. The van der Waals surface area contributed by atoms with E-state index in [2.05, 4.69) is 18.1 Å². The molecule has 0 heterocycles. The average molecular weight is 287 g/mol. The van der Waals surface area contributed by atoms with Gasteiger partial charge in [-0.25, -0.2) is 0 Å². The zero-order valence-electron chi connectivity index (χ0n) is 12.8. The summed E-state index contributed by atoms with van der Waals surface area (Å²) in [6.07, 6.45) is 9.51. The van der Waals surface area contributed by atoms with Crippen LogP contribution in [0.4, 0.5) is 0 Å². The molecular formula is C18H25NO2. The molecule has 3 nitrogen and oxygen atoms in total. The van der Waals surface area contributed by atoms with Crippen LogP contribution in [0.2, 0.25) is 0 Å². The largest absolute Gasteiger partial charge is 0.490 e. The molecule has 2 aliphatic carbocycles. The fraction of sp³-hybridized carbons (Fsp3) is 0.611. The molecule has 0 spiro atoms. The molecule has 2 unspecified atom stereocenters. The third kappa shape index (κ3) is 3.07. The van der Waals surface area contributed by atoms with Crippen LogP contribution in [0.5, 0.6) is 5.75 Å². The number of fused-ring (bicyclic) bond motifs is 1. The summed E-state index contributed by atoms with van der Waals surface area (Å²) in [5.41, 5.74) is 3.11. The molecule has 0 bridgehead atoms. The molecule has 2 aliphatic rings. The first-order valence-electron chi connectivity index (χ1n) is 8.31. The van der Waals surface area contributed by atoms with E-state index in [1.807, 2.05) is 12.1 Å². The Morgan fingerprint density at radius 2 is 2.14 bits per heavy atom. The van der Waals surface area contributed by atoms with Gasteiger partial charge in [-0.2, -0.15) is 0 Å². The highest BCUT2D eigenvalue weighted by Gasteiger charge is 2.25. The summed E-state index contributed by atoms with van der Waals surface area (Å²) >= 11 is 0. The van der Waals surface area contributed by atoms with E-state index in [0.717, 1.165) is 42.2 Å². The van der Waals surface area contributed by atoms with Crippen LogP contribution in [-0.2, 0) is 6.42 Å². The molecule has 114 valence electrons. The van der Waals surface area contributed by atoms with Crippen molar-refractivity contribution >= 4 is 5.71 Å². The molecule has 1 fully saturated rings. The number of hydrogen-bond acceptors (Lipinski definition) is 3. The van der Waals surface area contributed by atoms with Gasteiger partial charge in [-0.1, -0.05) is 37.1 Å². The van der Waals surface area contributed by atoms with Crippen molar-refractivity contribution in [1.29, 1.82) is 0 Å². The zero-order chi connectivity index (χ0) is 14.7. The van der Waals surface area contributed by atoms with Crippen molar-refractivity contribution in [2.24, 2.45) is 11.1 Å². The highest BCUT2D eigenvalue weighted by atomic mass is 16.5. The summed E-state index contributed by atoms with van der Waals surface area (Å²) in [7, 11) is 0. The number of benzene rings is 1. The fourth-order valence-corrected chi connectivity index (χ4v) is 3.77. The summed E-state index contributed by atoms with van der Waals surface area (Å²) in [5.74, 6) is 1.83. The molecule has 0 amide bonds. The Hall–Kier alpha value is -1.51. The maximum atomic E-state index is 9.16. The molecule has 2 atom stereocenters. The van der Waals surface area contributed by atoms with Gasteiger partial charge in [-0.05, 0) is 50.5 Å². The number of oxime groups is 1. The van der Waals surface area contributed by atoms with Gasteiger partial charge in [0, 0.05) is 11.1 Å². The molecule has 0 aromatic heterocycles. The first kappa shape index (κ1) is 14.4. The third-order valence-corrected chi connectivity index (χ3v) is 5.01. The topological polar surface area (TPSA) is 41.8 Å². The van der Waals surface area contributed by atoms with E-state index in [-0.39, 0.29) is 0 Å². The van der Waals surface area contributed by atoms with Crippen LogP contribution in [0.1, 0.15) is 63.0 Å². The molecule has 1 aromatic rings. The maximum Gasteiger partial charge on any atom is 0.123 e. The van der Waals surface area contributed by atoms with E-state index >= 15 is 0 Å². The maximum absolute atomic E-state index is 9.16. The minimum atomic E-state index is 0.353. The molecule has 0 radical (unpaired) electrons. The monoisotopic (exact) mass is 287 g/mol. The second-order valence-corrected chi connectivity index (χ2v) is 6.36. The van der Waals surface area contributed by atoms with E-state index in [1.54, 1.807) is 0 Å². The lowest BCUT2D eigenvalue weighted by Crippen LogP contribution is -2.26. The Balaban J connectivity index is 1.80. The van der Waals surface area contributed by atoms with Crippen molar-refractivity contribution in [3.63, 3.8) is 0 Å². The van der Waals surface area contributed by atoms with Crippen molar-refractivity contribution in [3.8, 4) is 5.75 Å². The van der Waals surface area contributed by atoms with E-state index in [1.165, 1.54) is 37.7 Å². The molecular weight excluding hydrogens is 262 g/mol. The van der Waals surface area contributed by atoms with Crippen LogP contribution in [0.25, 0.3) is 0 Å². The van der Waals surface area contributed by atoms with Crippen LogP contribution in [0.3, 0.4) is 0 Å². The Morgan fingerprint density at radius 1 is 1.24 bits per heavy atom. The number of rotatable bonds is 3. The Morgan fingerprint density at radius 3 is 2.95 bits per heavy atom. The molecule has 1 aromatic carbocycles. The van der Waals surface area contributed by atoms with Crippen LogP contribution in [0.15, 0.2) is 23.4 Å². The minimum Gasteiger partial charge on any atom is -0.490 e. The number of hydrogen-bond donors (Lipinski definition) is 1. The zero-order valence-corrected chi connectivity index (χ0v) is 12.8.